The highest BCUT2D eigenvalue weighted by Gasteiger charge is 2.07. The molecule has 0 radical (unpaired) electrons. The van der Waals surface area contributed by atoms with Gasteiger partial charge in [-0.2, -0.15) is 8.42 Å². The fourth-order valence-electron chi connectivity index (χ4n) is 1.86. The number of benzene rings is 2. The summed E-state index contributed by atoms with van der Waals surface area (Å²) < 4.78 is 34.5. The number of nitrogens with two attached hydrogens (primary N) is 1. The van der Waals surface area contributed by atoms with Crippen molar-refractivity contribution in [1.29, 1.82) is 0 Å². The number of carbonyl (C=O) groups is 2. The maximum Gasteiger partial charge on any atom is 0.306 e. The van der Waals surface area contributed by atoms with Gasteiger partial charge in [0.2, 0.25) is 0 Å². The fourth-order valence-corrected chi connectivity index (χ4v) is 2.34. The van der Waals surface area contributed by atoms with Gasteiger partial charge < -0.3 is 10.5 Å². The Hall–Kier alpha value is -2.55. The van der Waals surface area contributed by atoms with Crippen LogP contribution in [0.3, 0.4) is 0 Å². The molecule has 0 atom stereocenters. The lowest BCUT2D eigenvalue weighted by Crippen LogP contribution is -2.15. The smallest absolute Gasteiger partial charge is 0.306 e. The SMILES string of the molecule is Cc1ccc(S(=O)(=O)O)cc1.NCC(=O)CCC(=O)OCc1ccccc1. The normalized spacial score (nSPS) is 10.5. The third-order valence-corrected chi connectivity index (χ3v) is 4.27. The first-order valence-electron chi connectivity index (χ1n) is 8.18. The third kappa shape index (κ3) is 9.64. The van der Waals surface area contributed by atoms with Gasteiger partial charge in [-0.05, 0) is 24.6 Å². The molecule has 0 heterocycles. The summed E-state index contributed by atoms with van der Waals surface area (Å²) in [6.07, 6.45) is 0.257. The summed E-state index contributed by atoms with van der Waals surface area (Å²) in [7, 11) is -4.02. The zero-order valence-electron chi connectivity index (χ0n) is 15.0. The van der Waals surface area contributed by atoms with Gasteiger partial charge >= 0.3 is 5.97 Å². The minimum Gasteiger partial charge on any atom is -0.461 e. The van der Waals surface area contributed by atoms with Crippen molar-refractivity contribution in [2.75, 3.05) is 6.54 Å². The standard InChI is InChI=1S/C12H15NO3.C7H8O3S/c13-8-11(14)6-7-12(15)16-9-10-4-2-1-3-5-10;1-6-2-4-7(5-3-6)11(8,9)10/h1-5H,6-9,13H2;2-5H,1H3,(H,8,9,10). The van der Waals surface area contributed by atoms with Crippen LogP contribution in [0.4, 0.5) is 0 Å². The van der Waals surface area contributed by atoms with Crippen molar-refractivity contribution >= 4 is 21.9 Å². The van der Waals surface area contributed by atoms with E-state index < -0.39 is 10.1 Å². The van der Waals surface area contributed by atoms with Crippen molar-refractivity contribution in [1.82, 2.24) is 0 Å². The van der Waals surface area contributed by atoms with Gasteiger partial charge in [-0.15, -0.1) is 0 Å². The zero-order chi connectivity index (χ0) is 20.3. The van der Waals surface area contributed by atoms with Gasteiger partial charge in [0.05, 0.1) is 17.9 Å². The average molecular weight is 393 g/mol. The molecule has 2 rings (SSSR count). The van der Waals surface area contributed by atoms with Crippen LogP contribution in [0, 0.1) is 6.92 Å². The van der Waals surface area contributed by atoms with E-state index in [1.165, 1.54) is 12.1 Å². The molecule has 0 unspecified atom stereocenters. The number of hydrogen-bond donors (Lipinski definition) is 2. The van der Waals surface area contributed by atoms with Crippen molar-refractivity contribution in [3.05, 3.63) is 65.7 Å². The molecule has 8 heteroatoms. The number of rotatable bonds is 7. The van der Waals surface area contributed by atoms with E-state index in [9.17, 15) is 18.0 Å². The Balaban J connectivity index is 0.000000289. The molecule has 2 aromatic carbocycles. The van der Waals surface area contributed by atoms with Gasteiger partial charge in [-0.1, -0.05) is 48.0 Å². The van der Waals surface area contributed by atoms with E-state index in [0.717, 1.165) is 11.1 Å². The number of carbonyl (C=O) groups excluding carboxylic acids is 2. The molecule has 0 fully saturated rings. The number of aryl methyl sites for hydroxylation is 1. The quantitative estimate of drug-likeness (QED) is 0.546. The van der Waals surface area contributed by atoms with Crippen LogP contribution in [-0.2, 0) is 31.1 Å². The van der Waals surface area contributed by atoms with Crippen LogP contribution in [-0.4, -0.2) is 31.3 Å². The predicted molar refractivity (Wildman–Crippen MR) is 101 cm³/mol. The van der Waals surface area contributed by atoms with Crippen LogP contribution in [0.1, 0.15) is 24.0 Å². The third-order valence-electron chi connectivity index (χ3n) is 3.40. The molecule has 146 valence electrons. The molecule has 7 nitrogen and oxygen atoms in total. The van der Waals surface area contributed by atoms with E-state index >= 15 is 0 Å². The minimum atomic E-state index is -4.02. The zero-order valence-corrected chi connectivity index (χ0v) is 15.8. The highest BCUT2D eigenvalue weighted by Crippen LogP contribution is 2.08. The Labute approximate surface area is 158 Å². The maximum atomic E-state index is 11.2. The molecule has 0 spiro atoms. The van der Waals surface area contributed by atoms with Gasteiger partial charge in [0, 0.05) is 6.42 Å². The first-order chi connectivity index (χ1) is 12.7. The van der Waals surface area contributed by atoms with Crippen LogP contribution in [0.2, 0.25) is 0 Å². The molecule has 0 aromatic heterocycles. The molecule has 0 saturated heterocycles. The summed E-state index contributed by atoms with van der Waals surface area (Å²) in [4.78, 5) is 22.0. The lowest BCUT2D eigenvalue weighted by atomic mass is 10.2. The summed E-state index contributed by atoms with van der Waals surface area (Å²) in [5.41, 5.74) is 7.01. The summed E-state index contributed by atoms with van der Waals surface area (Å²) in [6.45, 7) is 2.07. The van der Waals surface area contributed by atoms with Gasteiger partial charge in [0.1, 0.15) is 12.4 Å². The Kier molecular flexibility index (Phi) is 9.35. The lowest BCUT2D eigenvalue weighted by Gasteiger charge is -2.04. The first-order valence-corrected chi connectivity index (χ1v) is 9.62. The Morgan fingerprint density at radius 1 is 1.00 bits per heavy atom. The molecule has 2 aromatic rings. The molecule has 0 bridgehead atoms. The first kappa shape index (κ1) is 22.5. The Morgan fingerprint density at radius 3 is 2.11 bits per heavy atom. The number of Topliss-reactive ketones (excluding diaryl/α,β-unsaturated/α-hetero) is 1. The molecule has 0 aliphatic rings. The summed E-state index contributed by atoms with van der Waals surface area (Å²) in [6, 6.07) is 15.4. The maximum absolute atomic E-state index is 11.2. The Bertz CT molecular complexity index is 832. The molecule has 0 amide bonds. The second kappa shape index (κ2) is 11.2. The molecular formula is C19H23NO6S. The van der Waals surface area contributed by atoms with Crippen LogP contribution in [0.15, 0.2) is 59.5 Å². The number of ketones is 1. The summed E-state index contributed by atoms with van der Waals surface area (Å²) >= 11 is 0. The number of esters is 1. The number of hydrogen-bond acceptors (Lipinski definition) is 6. The van der Waals surface area contributed by atoms with Gasteiger partial charge in [0.15, 0.2) is 0 Å². The second-order valence-corrected chi connectivity index (χ2v) is 7.10. The van der Waals surface area contributed by atoms with E-state index in [1.807, 2.05) is 37.3 Å². The average Bonchev–Trinajstić information content (AvgIpc) is 2.65. The van der Waals surface area contributed by atoms with Crippen molar-refractivity contribution in [3.63, 3.8) is 0 Å². The monoisotopic (exact) mass is 393 g/mol. The van der Waals surface area contributed by atoms with Crippen molar-refractivity contribution < 1.29 is 27.3 Å². The predicted octanol–water partition coefficient (Wildman–Crippen LogP) is 2.28. The molecule has 0 aliphatic heterocycles. The van der Waals surface area contributed by atoms with Crippen LogP contribution >= 0.6 is 0 Å². The van der Waals surface area contributed by atoms with Crippen LogP contribution in [0.5, 0.6) is 0 Å². The van der Waals surface area contributed by atoms with Crippen molar-refractivity contribution in [2.45, 2.75) is 31.3 Å². The highest BCUT2D eigenvalue weighted by atomic mass is 32.2. The molecule has 0 aliphatic carbocycles. The van der Waals surface area contributed by atoms with Crippen LogP contribution < -0.4 is 5.73 Å². The second-order valence-electron chi connectivity index (χ2n) is 5.68. The Morgan fingerprint density at radius 2 is 1.59 bits per heavy atom. The minimum absolute atomic E-state index is 0.0219. The molecule has 27 heavy (non-hydrogen) atoms. The van der Waals surface area contributed by atoms with Gasteiger partial charge in [-0.25, -0.2) is 0 Å². The largest absolute Gasteiger partial charge is 0.461 e. The molecule has 0 saturated carbocycles. The van der Waals surface area contributed by atoms with Gasteiger partial charge in [0.25, 0.3) is 10.1 Å². The van der Waals surface area contributed by atoms with E-state index in [2.05, 4.69) is 0 Å². The summed E-state index contributed by atoms with van der Waals surface area (Å²) in [5.74, 6) is -0.498. The highest BCUT2D eigenvalue weighted by molar-refractivity contribution is 7.85. The number of ether oxygens (including phenoxy) is 1. The van der Waals surface area contributed by atoms with E-state index in [1.54, 1.807) is 12.1 Å². The molecular weight excluding hydrogens is 370 g/mol. The molecule has 3 N–H and O–H groups in total. The topological polar surface area (TPSA) is 124 Å². The summed E-state index contributed by atoms with van der Waals surface area (Å²) in [5, 5.41) is 0. The van der Waals surface area contributed by atoms with E-state index in [4.69, 9.17) is 15.0 Å². The van der Waals surface area contributed by atoms with Crippen LogP contribution in [0.25, 0.3) is 0 Å². The van der Waals surface area contributed by atoms with Crippen molar-refractivity contribution in [2.24, 2.45) is 5.73 Å². The van der Waals surface area contributed by atoms with Gasteiger partial charge in [-0.3, -0.25) is 14.1 Å². The fraction of sp³-hybridized carbons (Fsp3) is 0.263. The van der Waals surface area contributed by atoms with Crippen molar-refractivity contribution in [3.8, 4) is 0 Å². The van der Waals surface area contributed by atoms with E-state index in [0.29, 0.717) is 0 Å². The van der Waals surface area contributed by atoms with E-state index in [-0.39, 0.29) is 42.6 Å². The lowest BCUT2D eigenvalue weighted by molar-refractivity contribution is -0.146.